The first kappa shape index (κ1) is 11.7. The van der Waals surface area contributed by atoms with E-state index in [0.29, 0.717) is 5.82 Å². The van der Waals surface area contributed by atoms with Crippen molar-refractivity contribution < 1.29 is 8.42 Å². The zero-order valence-corrected chi connectivity index (χ0v) is 10.1. The first-order valence-corrected chi connectivity index (χ1v) is 6.33. The van der Waals surface area contributed by atoms with E-state index in [4.69, 9.17) is 0 Å². The van der Waals surface area contributed by atoms with Crippen molar-refractivity contribution in [3.8, 4) is 0 Å². The molecule has 17 heavy (non-hydrogen) atoms. The average Bonchev–Trinajstić information content (AvgIpc) is 2.86. The Balaban J connectivity index is 2.18. The third-order valence-corrected chi connectivity index (χ3v) is 3.66. The number of hydrogen-bond acceptors (Lipinski definition) is 5. The van der Waals surface area contributed by atoms with Gasteiger partial charge in [-0.3, -0.25) is 9.78 Å². The molecule has 0 aliphatic rings. The molecule has 0 saturated carbocycles. The van der Waals surface area contributed by atoms with Crippen molar-refractivity contribution in [2.24, 2.45) is 7.05 Å². The number of hydrogen-bond donors (Lipinski definition) is 2. The highest BCUT2D eigenvalue weighted by Gasteiger charge is 2.21. The maximum absolute atomic E-state index is 11.9. The molecule has 2 N–H and O–H groups in total. The van der Waals surface area contributed by atoms with Crippen LogP contribution in [0.4, 0.5) is 0 Å². The van der Waals surface area contributed by atoms with Crippen LogP contribution in [0.3, 0.4) is 0 Å². The molecule has 1 unspecified atom stereocenters. The molecular weight excluding hydrogens is 244 g/mol. The molecule has 0 bridgehead atoms. The van der Waals surface area contributed by atoms with Crippen LogP contribution in [0.15, 0.2) is 23.6 Å². The highest BCUT2D eigenvalue weighted by molar-refractivity contribution is 7.89. The summed E-state index contributed by atoms with van der Waals surface area (Å²) in [6.07, 6.45) is 4.04. The summed E-state index contributed by atoms with van der Waals surface area (Å²) in [5.74, 6) is 0.456. The molecule has 9 heteroatoms. The van der Waals surface area contributed by atoms with E-state index in [-0.39, 0.29) is 4.90 Å². The number of sulfonamides is 1. The van der Waals surface area contributed by atoms with Crippen molar-refractivity contribution in [2.45, 2.75) is 17.9 Å². The summed E-state index contributed by atoms with van der Waals surface area (Å²) in [6.45, 7) is 1.68. The molecule has 0 radical (unpaired) electrons. The van der Waals surface area contributed by atoms with Gasteiger partial charge in [0.2, 0.25) is 10.0 Å². The Bertz CT molecular complexity index is 587. The molecular formula is C8H12N6O2S. The molecule has 0 aliphatic carbocycles. The maximum atomic E-state index is 11.9. The molecule has 2 heterocycles. The van der Waals surface area contributed by atoms with Crippen LogP contribution in [0.1, 0.15) is 18.8 Å². The molecule has 0 amide bonds. The molecule has 0 aromatic carbocycles. The predicted octanol–water partition coefficient (Wildman–Crippen LogP) is -0.422. The molecule has 0 aliphatic heterocycles. The third kappa shape index (κ3) is 2.50. The normalized spacial score (nSPS) is 13.8. The lowest BCUT2D eigenvalue weighted by molar-refractivity contribution is 0.560. The van der Waals surface area contributed by atoms with Crippen molar-refractivity contribution in [1.82, 2.24) is 29.7 Å². The number of rotatable bonds is 4. The molecule has 0 saturated heterocycles. The quantitative estimate of drug-likeness (QED) is 0.772. The fraction of sp³-hybridized carbons (Fsp3) is 0.375. The highest BCUT2D eigenvalue weighted by atomic mass is 32.2. The Morgan fingerprint density at radius 3 is 2.82 bits per heavy atom. The number of nitrogens with one attached hydrogen (secondary N) is 2. The van der Waals surface area contributed by atoms with Gasteiger partial charge >= 0.3 is 0 Å². The average molecular weight is 256 g/mol. The fourth-order valence-electron chi connectivity index (χ4n) is 1.32. The van der Waals surface area contributed by atoms with Gasteiger partial charge in [-0.15, -0.1) is 0 Å². The van der Waals surface area contributed by atoms with Crippen molar-refractivity contribution in [2.75, 3.05) is 0 Å². The SMILES string of the molecule is CC(NS(=O)(=O)c1cnn(C)c1)c1ncn[nH]1. The van der Waals surface area contributed by atoms with Gasteiger partial charge in [0, 0.05) is 13.2 Å². The van der Waals surface area contributed by atoms with Gasteiger partial charge in [0.15, 0.2) is 0 Å². The first-order chi connectivity index (χ1) is 7.99. The Morgan fingerprint density at radius 1 is 1.53 bits per heavy atom. The van der Waals surface area contributed by atoms with E-state index in [0.717, 1.165) is 0 Å². The van der Waals surface area contributed by atoms with Gasteiger partial charge in [-0.05, 0) is 6.92 Å². The lowest BCUT2D eigenvalue weighted by atomic mass is 10.3. The fourth-order valence-corrected chi connectivity index (χ4v) is 2.51. The molecule has 0 spiro atoms. The largest absolute Gasteiger partial charge is 0.274 e. The Labute approximate surface area is 98.1 Å². The van der Waals surface area contributed by atoms with Gasteiger partial charge in [-0.2, -0.15) is 10.2 Å². The number of aryl methyl sites for hydroxylation is 1. The lowest BCUT2D eigenvalue weighted by Gasteiger charge is -2.09. The molecule has 2 rings (SSSR count). The van der Waals surface area contributed by atoms with E-state index in [1.807, 2.05) is 0 Å². The maximum Gasteiger partial charge on any atom is 0.244 e. The van der Waals surface area contributed by atoms with Crippen molar-refractivity contribution in [3.05, 3.63) is 24.5 Å². The van der Waals surface area contributed by atoms with E-state index in [1.54, 1.807) is 14.0 Å². The summed E-state index contributed by atoms with van der Waals surface area (Å²) in [6, 6.07) is -0.484. The van der Waals surface area contributed by atoms with Crippen LogP contribution in [-0.2, 0) is 17.1 Å². The number of H-pyrrole nitrogens is 1. The smallest absolute Gasteiger partial charge is 0.244 e. The summed E-state index contributed by atoms with van der Waals surface area (Å²) in [5, 5.41) is 10.1. The topological polar surface area (TPSA) is 106 Å². The second kappa shape index (κ2) is 4.26. The van der Waals surface area contributed by atoms with E-state index in [9.17, 15) is 8.42 Å². The number of nitrogens with zero attached hydrogens (tertiary/aromatic N) is 4. The Morgan fingerprint density at radius 2 is 2.29 bits per heavy atom. The van der Waals surface area contributed by atoms with Crippen molar-refractivity contribution in [3.63, 3.8) is 0 Å². The molecule has 92 valence electrons. The van der Waals surface area contributed by atoms with Crippen LogP contribution in [0.5, 0.6) is 0 Å². The van der Waals surface area contributed by atoms with Crippen LogP contribution >= 0.6 is 0 Å². The van der Waals surface area contributed by atoms with Crippen LogP contribution in [0, 0.1) is 0 Å². The predicted molar refractivity (Wildman–Crippen MR) is 58.3 cm³/mol. The molecule has 2 aromatic rings. The van der Waals surface area contributed by atoms with Crippen LogP contribution in [-0.4, -0.2) is 33.4 Å². The molecule has 8 nitrogen and oxygen atoms in total. The van der Waals surface area contributed by atoms with Crippen LogP contribution in [0.2, 0.25) is 0 Å². The van der Waals surface area contributed by atoms with Crippen molar-refractivity contribution >= 4 is 10.0 Å². The summed E-state index contributed by atoms with van der Waals surface area (Å²) in [4.78, 5) is 4.00. The van der Waals surface area contributed by atoms with E-state index < -0.39 is 16.1 Å². The van der Waals surface area contributed by atoms with E-state index >= 15 is 0 Å². The molecule has 2 aromatic heterocycles. The summed E-state index contributed by atoms with van der Waals surface area (Å²) in [7, 11) is -1.93. The Hall–Kier alpha value is -1.74. The summed E-state index contributed by atoms with van der Waals surface area (Å²) in [5.41, 5.74) is 0. The van der Waals surface area contributed by atoms with Gasteiger partial charge in [0.25, 0.3) is 0 Å². The zero-order valence-electron chi connectivity index (χ0n) is 9.32. The van der Waals surface area contributed by atoms with Gasteiger partial charge in [-0.25, -0.2) is 18.1 Å². The Kier molecular flexibility index (Phi) is 2.94. The van der Waals surface area contributed by atoms with E-state index in [2.05, 4.69) is 25.0 Å². The van der Waals surface area contributed by atoms with Gasteiger partial charge in [0.1, 0.15) is 17.0 Å². The van der Waals surface area contributed by atoms with Gasteiger partial charge in [0.05, 0.1) is 12.2 Å². The standard InChI is InChI=1S/C8H12N6O2S/c1-6(8-9-5-10-12-8)13-17(15,16)7-3-11-14(2)4-7/h3-6,13H,1-2H3,(H,9,10,12). The minimum atomic E-state index is -3.59. The van der Waals surface area contributed by atoms with E-state index in [1.165, 1.54) is 23.4 Å². The summed E-state index contributed by atoms with van der Waals surface area (Å²) >= 11 is 0. The second-order valence-corrected chi connectivity index (χ2v) is 5.28. The third-order valence-electron chi connectivity index (χ3n) is 2.17. The monoisotopic (exact) mass is 256 g/mol. The number of aromatic amines is 1. The second-order valence-electron chi connectivity index (χ2n) is 3.56. The number of aromatic nitrogens is 5. The molecule has 1 atom stereocenters. The lowest BCUT2D eigenvalue weighted by Crippen LogP contribution is -2.27. The minimum absolute atomic E-state index is 0.117. The zero-order chi connectivity index (χ0) is 12.5. The van der Waals surface area contributed by atoms with Gasteiger partial charge < -0.3 is 0 Å². The summed E-state index contributed by atoms with van der Waals surface area (Å²) < 4.78 is 27.7. The molecule has 0 fully saturated rings. The van der Waals surface area contributed by atoms with Crippen LogP contribution in [0.25, 0.3) is 0 Å². The minimum Gasteiger partial charge on any atom is -0.274 e. The van der Waals surface area contributed by atoms with Gasteiger partial charge in [-0.1, -0.05) is 0 Å². The highest BCUT2D eigenvalue weighted by Crippen LogP contribution is 2.12. The van der Waals surface area contributed by atoms with Crippen molar-refractivity contribution in [1.29, 1.82) is 0 Å². The van der Waals surface area contributed by atoms with Crippen LogP contribution < -0.4 is 4.72 Å². The first-order valence-electron chi connectivity index (χ1n) is 4.85.